The summed E-state index contributed by atoms with van der Waals surface area (Å²) < 4.78 is 0. The summed E-state index contributed by atoms with van der Waals surface area (Å²) in [5.41, 5.74) is 2.10. The predicted molar refractivity (Wildman–Crippen MR) is 94.3 cm³/mol. The topological polar surface area (TPSA) is 75.2 Å². The third kappa shape index (κ3) is 4.02. The molecule has 0 saturated carbocycles. The second-order valence-electron chi connectivity index (χ2n) is 6.34. The molecule has 2 heterocycles. The summed E-state index contributed by atoms with van der Waals surface area (Å²) in [5.74, 6) is 0.467. The van der Waals surface area contributed by atoms with Crippen LogP contribution in [-0.4, -0.2) is 45.8 Å². The molecule has 130 valence electrons. The maximum atomic E-state index is 12.5. The van der Waals surface area contributed by atoms with E-state index in [9.17, 15) is 9.59 Å². The third-order valence-corrected chi connectivity index (χ3v) is 4.50. The molecule has 0 unspecified atom stereocenters. The Morgan fingerprint density at radius 3 is 2.52 bits per heavy atom. The highest BCUT2D eigenvalue weighted by atomic mass is 16.2. The van der Waals surface area contributed by atoms with E-state index in [0.29, 0.717) is 30.2 Å². The number of aryl methyl sites for hydroxylation is 2. The van der Waals surface area contributed by atoms with Crippen molar-refractivity contribution in [2.24, 2.45) is 0 Å². The number of amides is 2. The first-order valence-electron chi connectivity index (χ1n) is 8.50. The van der Waals surface area contributed by atoms with Gasteiger partial charge in [0.1, 0.15) is 11.5 Å². The molecule has 0 bridgehead atoms. The zero-order valence-electron chi connectivity index (χ0n) is 14.5. The lowest BCUT2D eigenvalue weighted by molar-refractivity contribution is 0.0692. The average molecular weight is 338 g/mol. The van der Waals surface area contributed by atoms with E-state index >= 15 is 0 Å². The molecule has 3 rings (SSSR count). The van der Waals surface area contributed by atoms with Crippen LogP contribution in [0.2, 0.25) is 0 Å². The number of carbonyl (C=O) groups excluding carboxylic acids is 2. The Balaban J connectivity index is 1.56. The lowest BCUT2D eigenvalue weighted by Gasteiger charge is -2.32. The van der Waals surface area contributed by atoms with Crippen molar-refractivity contribution in [2.45, 2.75) is 32.7 Å². The minimum atomic E-state index is -0.0748. The van der Waals surface area contributed by atoms with E-state index in [1.807, 2.05) is 31.2 Å². The monoisotopic (exact) mass is 338 g/mol. The highest BCUT2D eigenvalue weighted by Gasteiger charge is 2.25. The quantitative estimate of drug-likeness (QED) is 0.930. The molecule has 1 aromatic carbocycles. The normalized spacial score (nSPS) is 15.0. The molecule has 0 aliphatic carbocycles. The Bertz CT molecular complexity index is 782. The Morgan fingerprint density at radius 2 is 1.84 bits per heavy atom. The van der Waals surface area contributed by atoms with Crippen LogP contribution in [0, 0.1) is 13.8 Å². The molecule has 1 aliphatic heterocycles. The van der Waals surface area contributed by atoms with Gasteiger partial charge in [-0.15, -0.1) is 0 Å². The van der Waals surface area contributed by atoms with Gasteiger partial charge in [-0.25, -0.2) is 9.97 Å². The van der Waals surface area contributed by atoms with Crippen molar-refractivity contribution in [1.82, 2.24) is 20.2 Å². The maximum absolute atomic E-state index is 12.5. The van der Waals surface area contributed by atoms with Gasteiger partial charge in [0.05, 0.1) is 0 Å². The van der Waals surface area contributed by atoms with Crippen molar-refractivity contribution in [3.63, 3.8) is 0 Å². The van der Waals surface area contributed by atoms with Crippen LogP contribution in [0.3, 0.4) is 0 Å². The van der Waals surface area contributed by atoms with Gasteiger partial charge in [-0.2, -0.15) is 0 Å². The largest absolute Gasteiger partial charge is 0.349 e. The molecule has 0 spiro atoms. The van der Waals surface area contributed by atoms with Crippen molar-refractivity contribution in [3.8, 4) is 0 Å². The average Bonchev–Trinajstić information content (AvgIpc) is 2.62. The summed E-state index contributed by atoms with van der Waals surface area (Å²) in [6, 6.07) is 9.28. The first-order chi connectivity index (χ1) is 12.0. The molecular formula is C19H22N4O2. The minimum absolute atomic E-state index is 0.0469. The van der Waals surface area contributed by atoms with E-state index in [0.717, 1.165) is 18.4 Å². The number of piperidine rings is 1. The molecule has 6 heteroatoms. The molecule has 2 amide bonds. The Kier molecular flexibility index (Phi) is 5.07. The molecule has 6 nitrogen and oxygen atoms in total. The van der Waals surface area contributed by atoms with Gasteiger partial charge in [-0.3, -0.25) is 9.59 Å². The van der Waals surface area contributed by atoms with Gasteiger partial charge in [0, 0.05) is 30.9 Å². The van der Waals surface area contributed by atoms with E-state index in [2.05, 4.69) is 15.3 Å². The van der Waals surface area contributed by atoms with Crippen LogP contribution in [0.1, 0.15) is 45.1 Å². The van der Waals surface area contributed by atoms with Crippen LogP contribution < -0.4 is 5.32 Å². The van der Waals surface area contributed by atoms with Crippen LogP contribution in [0.15, 0.2) is 36.5 Å². The van der Waals surface area contributed by atoms with E-state index in [4.69, 9.17) is 0 Å². The second-order valence-corrected chi connectivity index (χ2v) is 6.34. The van der Waals surface area contributed by atoms with Crippen LogP contribution in [-0.2, 0) is 0 Å². The number of hydrogen-bond acceptors (Lipinski definition) is 4. The van der Waals surface area contributed by atoms with Gasteiger partial charge in [0.2, 0.25) is 0 Å². The molecule has 2 aromatic rings. The van der Waals surface area contributed by atoms with E-state index < -0.39 is 0 Å². The predicted octanol–water partition coefficient (Wildman–Crippen LogP) is 2.13. The summed E-state index contributed by atoms with van der Waals surface area (Å²) in [6.45, 7) is 4.92. The van der Waals surface area contributed by atoms with Crippen molar-refractivity contribution < 1.29 is 9.59 Å². The van der Waals surface area contributed by atoms with Gasteiger partial charge >= 0.3 is 0 Å². The summed E-state index contributed by atoms with van der Waals surface area (Å²) in [4.78, 5) is 34.9. The standard InChI is InChI=1S/C19H22N4O2/c1-13-5-3-4-6-16(13)18(24)22-15-8-11-23(12-9-15)19(25)17-7-10-20-14(2)21-17/h3-7,10,15H,8-9,11-12H2,1-2H3,(H,22,24). The molecule has 0 radical (unpaired) electrons. The molecular weight excluding hydrogens is 316 g/mol. The molecule has 1 aromatic heterocycles. The smallest absolute Gasteiger partial charge is 0.272 e. The molecule has 1 fully saturated rings. The van der Waals surface area contributed by atoms with Crippen molar-refractivity contribution in [2.75, 3.05) is 13.1 Å². The molecule has 1 saturated heterocycles. The van der Waals surface area contributed by atoms with Crippen molar-refractivity contribution >= 4 is 11.8 Å². The van der Waals surface area contributed by atoms with Crippen molar-refractivity contribution in [1.29, 1.82) is 0 Å². The zero-order valence-corrected chi connectivity index (χ0v) is 14.5. The van der Waals surface area contributed by atoms with Gasteiger partial charge in [0.25, 0.3) is 11.8 Å². The minimum Gasteiger partial charge on any atom is -0.349 e. The Labute approximate surface area is 147 Å². The number of carbonyl (C=O) groups is 2. The van der Waals surface area contributed by atoms with Crippen LogP contribution in [0.4, 0.5) is 0 Å². The molecule has 1 N–H and O–H groups in total. The first kappa shape index (κ1) is 17.1. The van der Waals surface area contributed by atoms with Crippen LogP contribution >= 0.6 is 0 Å². The second kappa shape index (κ2) is 7.42. The van der Waals surface area contributed by atoms with Gasteiger partial charge in [0.15, 0.2) is 0 Å². The van der Waals surface area contributed by atoms with Gasteiger partial charge in [-0.05, 0) is 44.4 Å². The highest BCUT2D eigenvalue weighted by Crippen LogP contribution is 2.15. The highest BCUT2D eigenvalue weighted by molar-refractivity contribution is 5.96. The lowest BCUT2D eigenvalue weighted by atomic mass is 10.0. The number of likely N-dealkylation sites (tertiary alicyclic amines) is 1. The number of rotatable bonds is 3. The van der Waals surface area contributed by atoms with E-state index in [1.165, 1.54) is 0 Å². The number of benzene rings is 1. The van der Waals surface area contributed by atoms with Gasteiger partial charge < -0.3 is 10.2 Å². The number of nitrogens with zero attached hydrogens (tertiary/aromatic N) is 3. The number of hydrogen-bond donors (Lipinski definition) is 1. The summed E-state index contributed by atoms with van der Waals surface area (Å²) in [5, 5.41) is 3.08. The van der Waals surface area contributed by atoms with Crippen molar-refractivity contribution in [3.05, 3.63) is 59.2 Å². The van der Waals surface area contributed by atoms with Crippen LogP contribution in [0.25, 0.3) is 0 Å². The van der Waals surface area contributed by atoms with E-state index in [-0.39, 0.29) is 17.9 Å². The van der Waals surface area contributed by atoms with E-state index in [1.54, 1.807) is 24.1 Å². The molecule has 1 aliphatic rings. The molecule has 25 heavy (non-hydrogen) atoms. The summed E-state index contributed by atoms with van der Waals surface area (Å²) >= 11 is 0. The SMILES string of the molecule is Cc1nccc(C(=O)N2CCC(NC(=O)c3ccccc3C)CC2)n1. The maximum Gasteiger partial charge on any atom is 0.272 e. The fraction of sp³-hybridized carbons (Fsp3) is 0.368. The molecule has 0 atom stereocenters. The summed E-state index contributed by atoms with van der Waals surface area (Å²) in [7, 11) is 0. The van der Waals surface area contributed by atoms with Gasteiger partial charge in [-0.1, -0.05) is 18.2 Å². The summed E-state index contributed by atoms with van der Waals surface area (Å²) in [6.07, 6.45) is 3.09. The lowest BCUT2D eigenvalue weighted by Crippen LogP contribution is -2.46. The first-order valence-corrected chi connectivity index (χ1v) is 8.50. The fourth-order valence-electron chi connectivity index (χ4n) is 3.06. The fourth-order valence-corrected chi connectivity index (χ4v) is 3.06. The van der Waals surface area contributed by atoms with Crippen LogP contribution in [0.5, 0.6) is 0 Å². The zero-order chi connectivity index (χ0) is 17.8. The Hall–Kier alpha value is -2.76. The third-order valence-electron chi connectivity index (χ3n) is 4.50. The number of aromatic nitrogens is 2. The Morgan fingerprint density at radius 1 is 1.12 bits per heavy atom. The number of nitrogens with one attached hydrogen (secondary N) is 1.